The first-order chi connectivity index (χ1) is 18.4. The molecule has 1 aliphatic rings. The van der Waals surface area contributed by atoms with Crippen LogP contribution in [0.5, 0.6) is 11.8 Å². The fourth-order valence-electron chi connectivity index (χ4n) is 4.15. The molecule has 4 aromatic rings. The van der Waals surface area contributed by atoms with Crippen molar-refractivity contribution in [1.82, 2.24) is 35.0 Å². The normalized spacial score (nSPS) is 14.8. The van der Waals surface area contributed by atoms with Crippen LogP contribution in [0.25, 0.3) is 11.1 Å². The second kappa shape index (κ2) is 10.6. The van der Waals surface area contributed by atoms with Gasteiger partial charge in [-0.15, -0.1) is 0 Å². The Morgan fingerprint density at radius 3 is 2.84 bits per heavy atom. The number of anilines is 3. The largest absolute Gasteiger partial charge is 0.421 e. The zero-order valence-corrected chi connectivity index (χ0v) is 20.9. The monoisotopic (exact) mass is 515 g/mol. The maximum absolute atomic E-state index is 15.1. The Morgan fingerprint density at radius 1 is 1.24 bits per heavy atom. The lowest BCUT2D eigenvalue weighted by Gasteiger charge is -2.22. The molecule has 11 nitrogen and oxygen atoms in total. The molecule has 0 aliphatic carbocycles. The molecule has 1 fully saturated rings. The van der Waals surface area contributed by atoms with Crippen molar-refractivity contribution in [3.63, 3.8) is 0 Å². The second-order valence-corrected chi connectivity index (χ2v) is 8.83. The molecule has 12 heteroatoms. The summed E-state index contributed by atoms with van der Waals surface area (Å²) in [4.78, 5) is 31.3. The van der Waals surface area contributed by atoms with Gasteiger partial charge >= 0.3 is 6.01 Å². The summed E-state index contributed by atoms with van der Waals surface area (Å²) in [5, 5.41) is 10.2. The van der Waals surface area contributed by atoms with E-state index in [2.05, 4.69) is 37.3 Å². The Balaban J connectivity index is 1.45. The number of nitrogens with zero attached hydrogens (tertiary/aromatic N) is 7. The van der Waals surface area contributed by atoms with Crippen LogP contribution in [0.3, 0.4) is 0 Å². The van der Waals surface area contributed by atoms with Gasteiger partial charge in [0.05, 0.1) is 11.9 Å². The van der Waals surface area contributed by atoms with Crippen LogP contribution in [0, 0.1) is 12.7 Å². The van der Waals surface area contributed by atoms with Gasteiger partial charge in [0.1, 0.15) is 5.82 Å². The minimum Gasteiger partial charge on any atom is -0.421 e. The molecular formula is C26H26FN9O2. The van der Waals surface area contributed by atoms with Crippen molar-refractivity contribution < 1.29 is 13.9 Å². The van der Waals surface area contributed by atoms with Crippen LogP contribution in [0.1, 0.15) is 12.1 Å². The molecule has 2 N–H and O–H groups in total. The first-order valence-electron chi connectivity index (χ1n) is 12.0. The Labute approximate surface area is 218 Å². The summed E-state index contributed by atoms with van der Waals surface area (Å²) in [5.74, 6) is 0.178. The van der Waals surface area contributed by atoms with Crippen molar-refractivity contribution in [2.75, 3.05) is 23.3 Å². The van der Waals surface area contributed by atoms with Crippen molar-refractivity contribution >= 4 is 23.4 Å². The van der Waals surface area contributed by atoms with Crippen molar-refractivity contribution in [1.29, 1.82) is 0 Å². The molecule has 5 rings (SSSR count). The van der Waals surface area contributed by atoms with Gasteiger partial charge in [0, 0.05) is 56.0 Å². The van der Waals surface area contributed by atoms with E-state index in [1.165, 1.54) is 18.2 Å². The Morgan fingerprint density at radius 2 is 2.11 bits per heavy atom. The van der Waals surface area contributed by atoms with E-state index in [9.17, 15) is 4.79 Å². The van der Waals surface area contributed by atoms with Gasteiger partial charge in [-0.3, -0.25) is 9.48 Å². The summed E-state index contributed by atoms with van der Waals surface area (Å²) in [6.45, 7) is 6.50. The highest BCUT2D eigenvalue weighted by Gasteiger charge is 2.27. The van der Waals surface area contributed by atoms with Crippen LogP contribution < -0.4 is 20.3 Å². The highest BCUT2D eigenvalue weighted by molar-refractivity contribution is 5.87. The predicted molar refractivity (Wildman–Crippen MR) is 140 cm³/mol. The highest BCUT2D eigenvalue weighted by atomic mass is 19.1. The SMILES string of the molecule is C=CC(=O)NC1CCN(c2nc(Nc3cnn(C)c3)ncc2-c2ccc(Oc3nccc(C)n3)c(F)c2)C1. The van der Waals surface area contributed by atoms with Gasteiger partial charge in [0.25, 0.3) is 0 Å². The van der Waals surface area contributed by atoms with Crippen molar-refractivity contribution in [3.8, 4) is 22.9 Å². The van der Waals surface area contributed by atoms with E-state index in [-0.39, 0.29) is 23.7 Å². The molecule has 3 aromatic heterocycles. The molecule has 1 saturated heterocycles. The van der Waals surface area contributed by atoms with E-state index in [1.807, 2.05) is 11.9 Å². The van der Waals surface area contributed by atoms with Gasteiger partial charge in [-0.2, -0.15) is 10.1 Å². The number of amides is 1. The van der Waals surface area contributed by atoms with Crippen molar-refractivity contribution in [2.24, 2.45) is 7.05 Å². The predicted octanol–water partition coefficient (Wildman–Crippen LogP) is 3.53. The molecule has 1 aromatic carbocycles. The van der Waals surface area contributed by atoms with Crippen LogP contribution in [0.4, 0.5) is 21.8 Å². The van der Waals surface area contributed by atoms with E-state index in [0.29, 0.717) is 41.7 Å². The van der Waals surface area contributed by atoms with Crippen molar-refractivity contribution in [3.05, 3.63) is 73.2 Å². The number of carbonyl (C=O) groups is 1. The lowest BCUT2D eigenvalue weighted by molar-refractivity contribution is -0.117. The van der Waals surface area contributed by atoms with Crippen LogP contribution >= 0.6 is 0 Å². The summed E-state index contributed by atoms with van der Waals surface area (Å²) in [7, 11) is 1.81. The van der Waals surface area contributed by atoms with Gasteiger partial charge in [-0.1, -0.05) is 12.6 Å². The number of benzene rings is 1. The first-order valence-corrected chi connectivity index (χ1v) is 12.0. The van der Waals surface area contributed by atoms with Gasteiger partial charge in [0.15, 0.2) is 11.6 Å². The number of rotatable bonds is 8. The van der Waals surface area contributed by atoms with E-state index < -0.39 is 5.82 Å². The molecule has 0 bridgehead atoms. The summed E-state index contributed by atoms with van der Waals surface area (Å²) in [6.07, 6.45) is 8.65. The second-order valence-electron chi connectivity index (χ2n) is 8.83. The lowest BCUT2D eigenvalue weighted by atomic mass is 10.1. The number of halogens is 1. The third-order valence-electron chi connectivity index (χ3n) is 5.97. The van der Waals surface area contributed by atoms with Crippen LogP contribution in [-0.2, 0) is 11.8 Å². The van der Waals surface area contributed by atoms with E-state index >= 15 is 4.39 Å². The third kappa shape index (κ3) is 5.59. The highest BCUT2D eigenvalue weighted by Crippen LogP contribution is 2.35. The minimum atomic E-state index is -0.575. The molecule has 1 amide bonds. The molecule has 38 heavy (non-hydrogen) atoms. The fourth-order valence-corrected chi connectivity index (χ4v) is 4.15. The molecule has 0 spiro atoms. The summed E-state index contributed by atoms with van der Waals surface area (Å²) < 4.78 is 22.4. The maximum atomic E-state index is 15.1. The number of aromatic nitrogens is 6. The van der Waals surface area contributed by atoms with Gasteiger partial charge in [0.2, 0.25) is 11.9 Å². The quantitative estimate of drug-likeness (QED) is 0.339. The van der Waals surface area contributed by atoms with E-state index in [0.717, 1.165) is 12.1 Å². The van der Waals surface area contributed by atoms with Crippen molar-refractivity contribution in [2.45, 2.75) is 19.4 Å². The van der Waals surface area contributed by atoms with Crippen LogP contribution in [-0.4, -0.2) is 54.8 Å². The average molecular weight is 516 g/mol. The minimum absolute atomic E-state index is 0.00468. The molecule has 1 atom stereocenters. The molecule has 0 saturated carbocycles. The van der Waals surface area contributed by atoms with Gasteiger partial charge < -0.3 is 20.3 Å². The summed E-state index contributed by atoms with van der Waals surface area (Å²) >= 11 is 0. The number of carbonyl (C=O) groups excluding carboxylic acids is 1. The molecule has 1 unspecified atom stereocenters. The van der Waals surface area contributed by atoms with Gasteiger partial charge in [-0.25, -0.2) is 19.3 Å². The topological polar surface area (TPSA) is 123 Å². The lowest BCUT2D eigenvalue weighted by Crippen LogP contribution is -2.36. The number of aryl methyl sites for hydroxylation is 2. The first kappa shape index (κ1) is 24.8. The number of hydrogen-bond donors (Lipinski definition) is 2. The zero-order valence-electron chi connectivity index (χ0n) is 20.9. The number of ether oxygens (including phenoxy) is 1. The molecule has 1 aliphatic heterocycles. The molecule has 194 valence electrons. The van der Waals surface area contributed by atoms with Crippen LogP contribution in [0.15, 0.2) is 61.7 Å². The zero-order chi connectivity index (χ0) is 26.6. The van der Waals surface area contributed by atoms with Crippen LogP contribution in [0.2, 0.25) is 0 Å². The van der Waals surface area contributed by atoms with E-state index in [4.69, 9.17) is 9.72 Å². The number of nitrogens with one attached hydrogen (secondary N) is 2. The number of hydrogen-bond acceptors (Lipinski definition) is 9. The smallest absolute Gasteiger partial charge is 0.322 e. The molecule has 4 heterocycles. The fraction of sp³-hybridized carbons (Fsp3) is 0.231. The Bertz CT molecular complexity index is 1490. The van der Waals surface area contributed by atoms with Gasteiger partial charge in [-0.05, 0) is 43.2 Å². The molecule has 0 radical (unpaired) electrons. The third-order valence-corrected chi connectivity index (χ3v) is 5.97. The molecular weight excluding hydrogens is 489 g/mol. The summed E-state index contributed by atoms with van der Waals surface area (Å²) in [6, 6.07) is 6.36. The summed E-state index contributed by atoms with van der Waals surface area (Å²) in [5.41, 5.74) is 2.65. The maximum Gasteiger partial charge on any atom is 0.322 e. The van der Waals surface area contributed by atoms with E-state index in [1.54, 1.807) is 48.5 Å². The standard InChI is InChI=1S/C26H26FN9O2/c1-4-23(37)32-18-8-10-36(15-18)24-20(13-29-25(34-24)33-19-12-30-35(3)14-19)17-5-6-22(21(27)11-17)38-26-28-9-7-16(2)31-26/h4-7,9,11-14,18H,1,8,10,15H2,2-3H3,(H,32,37)(H,29,33,34). The Kier molecular flexibility index (Phi) is 6.94. The Hall–Kier alpha value is -4.87. The average Bonchev–Trinajstić information content (AvgIpc) is 3.54.